The normalized spacial score (nSPS) is 15.8. The third-order valence-electron chi connectivity index (χ3n) is 3.65. The first-order chi connectivity index (χ1) is 9.56. The molecule has 1 fully saturated rings. The van der Waals surface area contributed by atoms with Crippen molar-refractivity contribution in [3.63, 3.8) is 0 Å². The van der Waals surface area contributed by atoms with E-state index in [2.05, 4.69) is 10.2 Å². The molecule has 0 spiro atoms. The van der Waals surface area contributed by atoms with Gasteiger partial charge in [-0.15, -0.1) is 0 Å². The summed E-state index contributed by atoms with van der Waals surface area (Å²) in [5, 5.41) is 12.0. The second-order valence-corrected chi connectivity index (χ2v) is 7.01. The van der Waals surface area contributed by atoms with E-state index in [4.69, 9.17) is 5.26 Å². The lowest BCUT2D eigenvalue weighted by Crippen LogP contribution is -2.57. The molecular weight excluding hydrogens is 274 g/mol. The zero-order valence-corrected chi connectivity index (χ0v) is 12.4. The standard InChI is InChI=1S/C14H19N3O2S/c1-2-17(13-10-16-11-13)6-7-20(18,19)14-5-3-4-12(8-14)9-15/h3-5,8,13,16H,2,6-7,10-11H2,1H3. The number of nitrogens with one attached hydrogen (secondary N) is 1. The van der Waals surface area contributed by atoms with Crippen LogP contribution in [0.2, 0.25) is 0 Å². The molecule has 5 nitrogen and oxygen atoms in total. The second-order valence-electron chi connectivity index (χ2n) is 4.90. The highest BCUT2D eigenvalue weighted by Crippen LogP contribution is 2.14. The first kappa shape index (κ1) is 15.0. The molecule has 1 aromatic carbocycles. The smallest absolute Gasteiger partial charge is 0.179 e. The number of sulfone groups is 1. The molecule has 1 aromatic rings. The molecule has 6 heteroatoms. The minimum Gasteiger partial charge on any atom is -0.314 e. The zero-order chi connectivity index (χ0) is 14.6. The Hall–Kier alpha value is -1.42. The Morgan fingerprint density at radius 1 is 1.45 bits per heavy atom. The van der Waals surface area contributed by atoms with E-state index in [1.165, 1.54) is 6.07 Å². The van der Waals surface area contributed by atoms with Gasteiger partial charge in [0.1, 0.15) is 0 Å². The molecule has 1 heterocycles. The van der Waals surface area contributed by atoms with E-state index < -0.39 is 9.84 Å². The van der Waals surface area contributed by atoms with Crippen molar-refractivity contribution in [1.82, 2.24) is 10.2 Å². The first-order valence-electron chi connectivity index (χ1n) is 6.74. The predicted octanol–water partition coefficient (Wildman–Crippen LogP) is 0.626. The van der Waals surface area contributed by atoms with Crippen molar-refractivity contribution in [3.05, 3.63) is 29.8 Å². The number of hydrogen-bond donors (Lipinski definition) is 1. The molecule has 1 aliphatic heterocycles. The Morgan fingerprint density at radius 2 is 2.20 bits per heavy atom. The number of likely N-dealkylation sites (N-methyl/N-ethyl adjacent to an activating group) is 1. The van der Waals surface area contributed by atoms with Crippen molar-refractivity contribution in [3.8, 4) is 6.07 Å². The van der Waals surface area contributed by atoms with E-state index in [0.29, 0.717) is 18.2 Å². The van der Waals surface area contributed by atoms with E-state index in [1.807, 2.05) is 13.0 Å². The van der Waals surface area contributed by atoms with Crippen molar-refractivity contribution in [2.75, 3.05) is 31.9 Å². The Kier molecular flexibility index (Phi) is 4.76. The lowest BCUT2D eigenvalue weighted by Gasteiger charge is -2.37. The minimum absolute atomic E-state index is 0.0895. The molecule has 0 radical (unpaired) electrons. The zero-order valence-electron chi connectivity index (χ0n) is 11.5. The van der Waals surface area contributed by atoms with Gasteiger partial charge < -0.3 is 5.32 Å². The average molecular weight is 293 g/mol. The maximum atomic E-state index is 12.3. The number of nitriles is 1. The van der Waals surface area contributed by atoms with Gasteiger partial charge in [-0.1, -0.05) is 13.0 Å². The number of hydrogen-bond acceptors (Lipinski definition) is 5. The molecule has 1 N–H and O–H groups in total. The van der Waals surface area contributed by atoms with Gasteiger partial charge in [0.15, 0.2) is 9.84 Å². The highest BCUT2D eigenvalue weighted by molar-refractivity contribution is 7.91. The minimum atomic E-state index is -3.33. The lowest BCUT2D eigenvalue weighted by molar-refractivity contribution is 0.161. The molecule has 0 unspecified atom stereocenters. The average Bonchev–Trinajstić information content (AvgIpc) is 2.41. The third-order valence-corrected chi connectivity index (χ3v) is 5.34. The van der Waals surface area contributed by atoms with E-state index in [0.717, 1.165) is 19.6 Å². The summed E-state index contributed by atoms with van der Waals surface area (Å²) < 4.78 is 24.6. The predicted molar refractivity (Wildman–Crippen MR) is 77.1 cm³/mol. The first-order valence-corrected chi connectivity index (χ1v) is 8.39. The van der Waals surface area contributed by atoms with Gasteiger partial charge in [0, 0.05) is 25.7 Å². The van der Waals surface area contributed by atoms with Crippen LogP contribution in [0.3, 0.4) is 0 Å². The molecule has 0 atom stereocenters. The van der Waals surface area contributed by atoms with Gasteiger partial charge in [-0.25, -0.2) is 8.42 Å². The second kappa shape index (κ2) is 6.35. The van der Waals surface area contributed by atoms with Gasteiger partial charge in [-0.05, 0) is 24.7 Å². The number of nitrogens with zero attached hydrogens (tertiary/aromatic N) is 2. The van der Waals surface area contributed by atoms with Crippen LogP contribution in [0.1, 0.15) is 12.5 Å². The van der Waals surface area contributed by atoms with Crippen LogP contribution in [-0.2, 0) is 9.84 Å². The molecular formula is C14H19N3O2S. The highest BCUT2D eigenvalue weighted by atomic mass is 32.2. The molecule has 0 amide bonds. The van der Waals surface area contributed by atoms with Gasteiger partial charge in [-0.2, -0.15) is 5.26 Å². The summed E-state index contributed by atoms with van der Waals surface area (Å²) in [7, 11) is -3.33. The van der Waals surface area contributed by atoms with Gasteiger partial charge in [0.2, 0.25) is 0 Å². The quantitative estimate of drug-likeness (QED) is 0.832. The van der Waals surface area contributed by atoms with Crippen molar-refractivity contribution in [1.29, 1.82) is 5.26 Å². The third kappa shape index (κ3) is 3.37. The molecule has 1 aliphatic rings. The van der Waals surface area contributed by atoms with Crippen LogP contribution >= 0.6 is 0 Å². The monoisotopic (exact) mass is 293 g/mol. The molecule has 0 saturated carbocycles. The van der Waals surface area contributed by atoms with Gasteiger partial charge in [0.05, 0.1) is 22.3 Å². The molecule has 0 bridgehead atoms. The van der Waals surface area contributed by atoms with Gasteiger partial charge >= 0.3 is 0 Å². The highest BCUT2D eigenvalue weighted by Gasteiger charge is 2.25. The fourth-order valence-electron chi connectivity index (χ4n) is 2.24. The number of benzene rings is 1. The molecule has 20 heavy (non-hydrogen) atoms. The fourth-order valence-corrected chi connectivity index (χ4v) is 3.55. The summed E-state index contributed by atoms with van der Waals surface area (Å²) in [5.74, 6) is 0.0895. The number of rotatable bonds is 6. The molecule has 2 rings (SSSR count). The topological polar surface area (TPSA) is 73.2 Å². The largest absolute Gasteiger partial charge is 0.314 e. The maximum Gasteiger partial charge on any atom is 0.179 e. The van der Waals surface area contributed by atoms with Crippen LogP contribution < -0.4 is 5.32 Å². The van der Waals surface area contributed by atoms with E-state index >= 15 is 0 Å². The maximum absolute atomic E-state index is 12.3. The fraction of sp³-hybridized carbons (Fsp3) is 0.500. The van der Waals surface area contributed by atoms with Crippen molar-refractivity contribution in [2.45, 2.75) is 17.9 Å². The Morgan fingerprint density at radius 3 is 2.75 bits per heavy atom. The summed E-state index contributed by atoms with van der Waals surface area (Å²) in [6.07, 6.45) is 0. The lowest BCUT2D eigenvalue weighted by atomic mass is 10.1. The van der Waals surface area contributed by atoms with Crippen LogP contribution in [0.5, 0.6) is 0 Å². The summed E-state index contributed by atoms with van der Waals surface area (Å²) in [6.45, 7) is 5.28. The van der Waals surface area contributed by atoms with Gasteiger partial charge in [-0.3, -0.25) is 4.90 Å². The van der Waals surface area contributed by atoms with Crippen LogP contribution in [0, 0.1) is 11.3 Å². The molecule has 0 aliphatic carbocycles. The van der Waals surface area contributed by atoms with Crippen LogP contribution in [-0.4, -0.2) is 51.3 Å². The Bertz CT molecular complexity index is 603. The summed E-state index contributed by atoms with van der Waals surface area (Å²) in [5.41, 5.74) is 0.376. The van der Waals surface area contributed by atoms with E-state index in [1.54, 1.807) is 18.2 Å². The molecule has 1 saturated heterocycles. The molecule has 108 valence electrons. The van der Waals surface area contributed by atoms with E-state index in [-0.39, 0.29) is 10.6 Å². The summed E-state index contributed by atoms with van der Waals surface area (Å²) >= 11 is 0. The molecule has 0 aromatic heterocycles. The van der Waals surface area contributed by atoms with Crippen LogP contribution in [0.4, 0.5) is 0 Å². The Labute approximate surface area is 120 Å². The van der Waals surface area contributed by atoms with E-state index in [9.17, 15) is 8.42 Å². The van der Waals surface area contributed by atoms with Gasteiger partial charge in [0.25, 0.3) is 0 Å². The Balaban J connectivity index is 2.04. The summed E-state index contributed by atoms with van der Waals surface area (Å²) in [4.78, 5) is 2.42. The van der Waals surface area contributed by atoms with Crippen molar-refractivity contribution < 1.29 is 8.42 Å². The van der Waals surface area contributed by atoms with Crippen LogP contribution in [0.15, 0.2) is 29.2 Å². The van der Waals surface area contributed by atoms with Crippen LogP contribution in [0.25, 0.3) is 0 Å². The SMILES string of the molecule is CCN(CCS(=O)(=O)c1cccc(C#N)c1)C1CNC1. The van der Waals surface area contributed by atoms with Crippen molar-refractivity contribution >= 4 is 9.84 Å². The van der Waals surface area contributed by atoms with Crippen molar-refractivity contribution in [2.24, 2.45) is 0 Å². The summed E-state index contributed by atoms with van der Waals surface area (Å²) in [6, 6.07) is 8.63.